The van der Waals surface area contributed by atoms with Crippen molar-refractivity contribution in [3.63, 3.8) is 0 Å². The first-order valence-corrected chi connectivity index (χ1v) is 8.54. The number of rotatable bonds is 4. The van der Waals surface area contributed by atoms with Crippen LogP contribution in [0.4, 0.5) is 0 Å². The number of benzene rings is 1. The molecule has 25 heavy (non-hydrogen) atoms. The van der Waals surface area contributed by atoms with Gasteiger partial charge in [-0.05, 0) is 57.4 Å². The van der Waals surface area contributed by atoms with Gasteiger partial charge in [-0.25, -0.2) is 0 Å². The number of hydrogen-bond donors (Lipinski definition) is 2. The molecule has 0 spiro atoms. The van der Waals surface area contributed by atoms with E-state index in [1.807, 2.05) is 18.2 Å². The van der Waals surface area contributed by atoms with E-state index < -0.39 is 17.7 Å². The second-order valence-electron chi connectivity index (χ2n) is 7.06. The molecule has 0 aliphatic heterocycles. The summed E-state index contributed by atoms with van der Waals surface area (Å²) >= 11 is 0. The Morgan fingerprint density at radius 3 is 2.60 bits per heavy atom. The number of allylic oxidation sites excluding steroid dienone is 3. The maximum atomic E-state index is 12.6. The van der Waals surface area contributed by atoms with Crippen molar-refractivity contribution in [2.24, 2.45) is 0 Å². The first-order chi connectivity index (χ1) is 11.8. The number of aliphatic hydroxyl groups excluding tert-OH is 1. The highest BCUT2D eigenvalue weighted by Crippen LogP contribution is 2.37. The van der Waals surface area contributed by atoms with Crippen LogP contribution in [-0.2, 0) is 11.2 Å². The summed E-state index contributed by atoms with van der Waals surface area (Å²) in [5, 5.41) is 10.6. The third-order valence-electron chi connectivity index (χ3n) is 4.64. The minimum atomic E-state index is -0.585. The van der Waals surface area contributed by atoms with Gasteiger partial charge in [0.2, 0.25) is 11.6 Å². The molecule has 0 fully saturated rings. The molecule has 130 valence electrons. The van der Waals surface area contributed by atoms with Gasteiger partial charge < -0.3 is 10.1 Å². The van der Waals surface area contributed by atoms with Crippen LogP contribution < -0.4 is 0 Å². The number of carbonyl (C=O) groups excluding carboxylic acids is 2. The third kappa shape index (κ3) is 3.10. The van der Waals surface area contributed by atoms with Crippen molar-refractivity contribution in [3.8, 4) is 0 Å². The van der Waals surface area contributed by atoms with E-state index in [0.29, 0.717) is 23.3 Å². The Labute approximate surface area is 147 Å². The number of fused-ring (bicyclic) bond motifs is 3. The molecular formula is C21H23NO3. The Morgan fingerprint density at radius 1 is 1.24 bits per heavy atom. The second-order valence-corrected chi connectivity index (χ2v) is 7.06. The zero-order valence-corrected chi connectivity index (χ0v) is 15.1. The molecule has 4 heteroatoms. The number of aromatic amines is 1. The van der Waals surface area contributed by atoms with Gasteiger partial charge in [0.25, 0.3) is 0 Å². The Morgan fingerprint density at radius 2 is 1.96 bits per heavy atom. The first kappa shape index (κ1) is 17.4. The third-order valence-corrected chi connectivity index (χ3v) is 4.64. The van der Waals surface area contributed by atoms with Crippen LogP contribution in [0, 0.1) is 0 Å². The number of H-pyrrole nitrogens is 1. The van der Waals surface area contributed by atoms with Gasteiger partial charge in [0, 0.05) is 22.9 Å². The topological polar surface area (TPSA) is 70.2 Å². The summed E-state index contributed by atoms with van der Waals surface area (Å²) in [5.41, 5.74) is 5.45. The Balaban J connectivity index is 2.19. The van der Waals surface area contributed by atoms with Crippen molar-refractivity contribution in [2.75, 3.05) is 0 Å². The molecule has 2 N–H and O–H groups in total. The van der Waals surface area contributed by atoms with Crippen molar-refractivity contribution in [2.45, 2.75) is 46.6 Å². The zero-order valence-electron chi connectivity index (χ0n) is 15.1. The summed E-state index contributed by atoms with van der Waals surface area (Å²) < 4.78 is 0. The van der Waals surface area contributed by atoms with Gasteiger partial charge in [0.15, 0.2) is 0 Å². The predicted octanol–water partition coefficient (Wildman–Crippen LogP) is 3.99. The van der Waals surface area contributed by atoms with Crippen LogP contribution in [0.25, 0.3) is 16.5 Å². The molecule has 1 aromatic heterocycles. The largest absolute Gasteiger partial charge is 0.393 e. The van der Waals surface area contributed by atoms with E-state index in [2.05, 4.69) is 24.9 Å². The molecule has 1 aromatic carbocycles. The number of hydrogen-bond acceptors (Lipinski definition) is 3. The fraction of sp³-hybridized carbons (Fsp3) is 0.333. The molecule has 0 saturated heterocycles. The number of aromatic nitrogens is 1. The lowest BCUT2D eigenvalue weighted by molar-refractivity contribution is -0.111. The van der Waals surface area contributed by atoms with Gasteiger partial charge in [0.05, 0.1) is 17.4 Å². The van der Waals surface area contributed by atoms with Gasteiger partial charge in [-0.15, -0.1) is 0 Å². The van der Waals surface area contributed by atoms with Crippen molar-refractivity contribution >= 4 is 28.0 Å². The number of ketones is 2. The number of Topliss-reactive ketones (excluding diaryl/α,β-unsaturated/α-hetero) is 2. The van der Waals surface area contributed by atoms with Crippen LogP contribution in [0.3, 0.4) is 0 Å². The molecule has 1 aliphatic carbocycles. The average molecular weight is 337 g/mol. The SMILES string of the molecule is CC(C)=CCc1ccc2[nH]c3c(c2c1)C(=O)C(=O)C(C)=C3C[C@H](C)O. The van der Waals surface area contributed by atoms with E-state index in [4.69, 9.17) is 0 Å². The summed E-state index contributed by atoms with van der Waals surface area (Å²) in [7, 11) is 0. The Bertz CT molecular complexity index is 937. The molecule has 0 unspecified atom stereocenters. The quantitative estimate of drug-likeness (QED) is 0.655. The maximum absolute atomic E-state index is 12.6. The monoisotopic (exact) mass is 337 g/mol. The van der Waals surface area contributed by atoms with Crippen LogP contribution in [0.1, 0.15) is 55.7 Å². The number of nitrogens with one attached hydrogen (secondary N) is 1. The van der Waals surface area contributed by atoms with Gasteiger partial charge in [0.1, 0.15) is 0 Å². The van der Waals surface area contributed by atoms with Gasteiger partial charge in [-0.1, -0.05) is 17.7 Å². The molecule has 0 saturated carbocycles. The van der Waals surface area contributed by atoms with Crippen LogP contribution in [0.5, 0.6) is 0 Å². The normalized spacial score (nSPS) is 15.6. The van der Waals surface area contributed by atoms with Gasteiger partial charge in [-0.2, -0.15) is 0 Å². The first-order valence-electron chi connectivity index (χ1n) is 8.54. The summed E-state index contributed by atoms with van der Waals surface area (Å²) in [6.07, 6.45) is 2.68. The van der Waals surface area contributed by atoms with E-state index in [9.17, 15) is 14.7 Å². The standard InChI is InChI=1S/C21H23NO3/c1-11(2)5-6-14-7-8-17-16(10-14)18-19(22-17)15(9-12(3)23)13(4)20(24)21(18)25/h5,7-8,10,12,22-23H,6,9H2,1-4H3/t12-/m0/s1. The molecule has 0 radical (unpaired) electrons. The lowest BCUT2D eigenvalue weighted by atomic mass is 9.85. The van der Waals surface area contributed by atoms with Crippen LogP contribution in [0.15, 0.2) is 35.4 Å². The highest BCUT2D eigenvalue weighted by atomic mass is 16.3. The van der Waals surface area contributed by atoms with Crippen LogP contribution in [-0.4, -0.2) is 27.8 Å². The Kier molecular flexibility index (Phi) is 4.48. The number of aliphatic hydroxyl groups is 1. The minimum Gasteiger partial charge on any atom is -0.393 e. The van der Waals surface area contributed by atoms with E-state index in [1.165, 1.54) is 5.57 Å². The van der Waals surface area contributed by atoms with Crippen molar-refractivity contribution in [3.05, 3.63) is 52.2 Å². The lowest BCUT2D eigenvalue weighted by Crippen LogP contribution is -2.23. The summed E-state index contributed by atoms with van der Waals surface area (Å²) in [6, 6.07) is 5.96. The molecule has 1 atom stereocenters. The molecular weight excluding hydrogens is 314 g/mol. The van der Waals surface area contributed by atoms with Crippen molar-refractivity contribution in [1.29, 1.82) is 0 Å². The van der Waals surface area contributed by atoms with Gasteiger partial charge >= 0.3 is 0 Å². The minimum absolute atomic E-state index is 0.343. The van der Waals surface area contributed by atoms with E-state index in [1.54, 1.807) is 13.8 Å². The smallest absolute Gasteiger partial charge is 0.235 e. The van der Waals surface area contributed by atoms with Crippen LogP contribution >= 0.6 is 0 Å². The maximum Gasteiger partial charge on any atom is 0.235 e. The summed E-state index contributed by atoms with van der Waals surface area (Å²) in [6.45, 7) is 7.44. The van der Waals surface area contributed by atoms with E-state index in [-0.39, 0.29) is 0 Å². The molecule has 3 rings (SSSR count). The molecule has 1 heterocycles. The average Bonchev–Trinajstić information content (AvgIpc) is 2.93. The molecule has 1 aliphatic rings. The molecule has 4 nitrogen and oxygen atoms in total. The second kappa shape index (κ2) is 6.45. The zero-order chi connectivity index (χ0) is 18.3. The highest BCUT2D eigenvalue weighted by Gasteiger charge is 2.33. The summed E-state index contributed by atoms with van der Waals surface area (Å²) in [5.74, 6) is -0.939. The highest BCUT2D eigenvalue weighted by molar-refractivity contribution is 6.54. The predicted molar refractivity (Wildman–Crippen MR) is 99.7 cm³/mol. The van der Waals surface area contributed by atoms with Gasteiger partial charge in [-0.3, -0.25) is 9.59 Å². The fourth-order valence-corrected chi connectivity index (χ4v) is 3.31. The number of carbonyl (C=O) groups is 2. The Hall–Kier alpha value is -2.46. The fourth-order valence-electron chi connectivity index (χ4n) is 3.31. The summed E-state index contributed by atoms with van der Waals surface area (Å²) in [4.78, 5) is 28.3. The van der Waals surface area contributed by atoms with E-state index in [0.717, 1.165) is 28.5 Å². The molecule has 0 amide bonds. The van der Waals surface area contributed by atoms with Crippen molar-refractivity contribution < 1.29 is 14.7 Å². The van der Waals surface area contributed by atoms with Crippen LogP contribution in [0.2, 0.25) is 0 Å². The van der Waals surface area contributed by atoms with E-state index >= 15 is 0 Å². The molecule has 0 bridgehead atoms. The molecule has 2 aromatic rings. The lowest BCUT2D eigenvalue weighted by Gasteiger charge is -2.18. The van der Waals surface area contributed by atoms with Crippen molar-refractivity contribution in [1.82, 2.24) is 4.98 Å².